The molecule has 0 aromatic rings. The Kier molecular flexibility index (Phi) is 32.0. The number of hydrogen-bond donors (Lipinski definition) is 1. The van der Waals surface area contributed by atoms with Crippen LogP contribution in [0.1, 0.15) is 213 Å². The molecule has 0 heterocycles. The van der Waals surface area contributed by atoms with Crippen LogP contribution in [0.2, 0.25) is 0 Å². The molecule has 1 unspecified atom stereocenters. The molecule has 250 valence electrons. The number of rotatable bonds is 34. The molecule has 0 aliphatic rings. The van der Waals surface area contributed by atoms with E-state index in [1.165, 1.54) is 135 Å². The molecule has 42 heavy (non-hydrogen) atoms. The Hall–Kier alpha value is -1.06. The zero-order chi connectivity index (χ0) is 30.9. The second-order valence-corrected chi connectivity index (χ2v) is 13.2. The molecule has 0 radical (unpaired) electrons. The second kappa shape index (κ2) is 32.8. The number of aliphatic carboxylic acids is 1. The van der Waals surface area contributed by atoms with Crippen LogP contribution in [0.3, 0.4) is 0 Å². The van der Waals surface area contributed by atoms with Crippen LogP contribution >= 0.6 is 0 Å². The van der Waals surface area contributed by atoms with Crippen molar-refractivity contribution in [3.05, 3.63) is 0 Å². The summed E-state index contributed by atoms with van der Waals surface area (Å²) in [6.07, 6.45) is 36.8. The third-order valence-electron chi connectivity index (χ3n) is 9.21. The lowest BCUT2D eigenvalue weighted by atomic mass is 9.94. The van der Waals surface area contributed by atoms with Crippen molar-refractivity contribution in [1.29, 1.82) is 0 Å². The molecule has 0 aliphatic carbocycles. The van der Waals surface area contributed by atoms with Crippen LogP contribution in [-0.2, 0) is 9.59 Å². The predicted octanol–water partition coefficient (Wildman–Crippen LogP) is 12.3. The van der Waals surface area contributed by atoms with Crippen LogP contribution in [0, 0.1) is 5.92 Å². The Bertz CT molecular complexity index is 579. The molecular weight excluding hydrogens is 518 g/mol. The molecule has 0 aromatic carbocycles. The van der Waals surface area contributed by atoms with Gasteiger partial charge in [-0.3, -0.25) is 9.59 Å². The normalized spacial score (nSPS) is 12.1. The third kappa shape index (κ3) is 27.8. The fourth-order valence-electron chi connectivity index (χ4n) is 6.23. The van der Waals surface area contributed by atoms with Crippen molar-refractivity contribution < 1.29 is 14.7 Å². The van der Waals surface area contributed by atoms with Gasteiger partial charge in [-0.25, -0.2) is 0 Å². The number of carbonyl (C=O) groups excluding carboxylic acids is 1. The van der Waals surface area contributed by atoms with Crippen molar-refractivity contribution in [1.82, 2.24) is 4.90 Å². The van der Waals surface area contributed by atoms with Crippen molar-refractivity contribution in [2.45, 2.75) is 213 Å². The topological polar surface area (TPSA) is 57.6 Å². The maximum atomic E-state index is 12.6. The predicted molar refractivity (Wildman–Crippen MR) is 183 cm³/mol. The van der Waals surface area contributed by atoms with Gasteiger partial charge in [0.1, 0.15) is 0 Å². The largest absolute Gasteiger partial charge is 0.481 e. The van der Waals surface area contributed by atoms with Crippen LogP contribution in [-0.4, -0.2) is 35.0 Å². The quantitative estimate of drug-likeness (QED) is 0.0755. The summed E-state index contributed by atoms with van der Waals surface area (Å²) in [4.78, 5) is 26.4. The fraction of sp³-hybridized carbons (Fsp3) is 0.947. The molecule has 1 amide bonds. The van der Waals surface area contributed by atoms with E-state index in [4.69, 9.17) is 0 Å². The third-order valence-corrected chi connectivity index (χ3v) is 9.21. The van der Waals surface area contributed by atoms with E-state index in [0.717, 1.165) is 64.5 Å². The lowest BCUT2D eigenvalue weighted by Gasteiger charge is -2.21. The van der Waals surface area contributed by atoms with E-state index in [1.54, 1.807) is 0 Å². The number of carboxylic acids is 1. The highest BCUT2D eigenvalue weighted by molar-refractivity contribution is 5.76. The van der Waals surface area contributed by atoms with Gasteiger partial charge in [-0.1, -0.05) is 174 Å². The maximum Gasteiger partial charge on any atom is 0.306 e. The van der Waals surface area contributed by atoms with Gasteiger partial charge in [-0.05, 0) is 32.6 Å². The molecule has 0 aromatic heterocycles. The highest BCUT2D eigenvalue weighted by Crippen LogP contribution is 2.20. The lowest BCUT2D eigenvalue weighted by Crippen LogP contribution is -2.31. The van der Waals surface area contributed by atoms with Crippen molar-refractivity contribution in [2.75, 3.05) is 13.1 Å². The Morgan fingerprint density at radius 2 is 0.810 bits per heavy atom. The van der Waals surface area contributed by atoms with Crippen LogP contribution in [0.15, 0.2) is 0 Å². The first-order valence-corrected chi connectivity index (χ1v) is 19.1. The Morgan fingerprint density at radius 3 is 1.17 bits per heavy atom. The molecule has 0 saturated heterocycles. The van der Waals surface area contributed by atoms with Gasteiger partial charge in [0.2, 0.25) is 5.91 Å². The van der Waals surface area contributed by atoms with E-state index >= 15 is 0 Å². The standard InChI is InChI=1S/C38H75NO3/c1-4-7-9-11-13-15-16-17-18-19-21-22-24-28-32-36(38(41)42)33-29-26-27-31-35-39(6-3)37(40)34-30-25-23-20-14-12-10-8-5-2/h36H,4-35H2,1-3H3,(H,41,42). The fourth-order valence-corrected chi connectivity index (χ4v) is 6.23. The average molecular weight is 594 g/mol. The summed E-state index contributed by atoms with van der Waals surface area (Å²) in [7, 11) is 0. The summed E-state index contributed by atoms with van der Waals surface area (Å²) in [6, 6.07) is 0. The lowest BCUT2D eigenvalue weighted by molar-refractivity contribution is -0.142. The molecular formula is C38H75NO3. The number of carbonyl (C=O) groups is 2. The summed E-state index contributed by atoms with van der Waals surface area (Å²) in [5.74, 6) is -0.462. The van der Waals surface area contributed by atoms with Gasteiger partial charge in [0.25, 0.3) is 0 Å². The van der Waals surface area contributed by atoms with Gasteiger partial charge in [0.15, 0.2) is 0 Å². The maximum absolute atomic E-state index is 12.6. The highest BCUT2D eigenvalue weighted by Gasteiger charge is 2.16. The van der Waals surface area contributed by atoms with Gasteiger partial charge in [-0.15, -0.1) is 0 Å². The van der Waals surface area contributed by atoms with Crippen LogP contribution in [0.4, 0.5) is 0 Å². The zero-order valence-electron chi connectivity index (χ0n) is 28.9. The Morgan fingerprint density at radius 1 is 0.476 bits per heavy atom. The molecule has 4 nitrogen and oxygen atoms in total. The molecule has 4 heteroatoms. The van der Waals surface area contributed by atoms with Crippen molar-refractivity contribution in [3.8, 4) is 0 Å². The van der Waals surface area contributed by atoms with E-state index in [1.807, 2.05) is 4.90 Å². The van der Waals surface area contributed by atoms with E-state index < -0.39 is 5.97 Å². The SMILES string of the molecule is CCCCCCCCCCCCCCCCC(CCCCCCN(CC)C(=O)CCCCCCCCCCC)C(=O)O. The van der Waals surface area contributed by atoms with Gasteiger partial charge in [-0.2, -0.15) is 0 Å². The average Bonchev–Trinajstić information content (AvgIpc) is 2.98. The summed E-state index contributed by atoms with van der Waals surface area (Å²) in [6.45, 7) is 8.28. The Labute approximate surface area is 263 Å². The minimum Gasteiger partial charge on any atom is -0.481 e. The number of carboxylic acid groups (broad SMARTS) is 1. The molecule has 1 atom stereocenters. The van der Waals surface area contributed by atoms with Gasteiger partial charge in [0, 0.05) is 19.5 Å². The van der Waals surface area contributed by atoms with E-state index in [-0.39, 0.29) is 5.92 Å². The highest BCUT2D eigenvalue weighted by atomic mass is 16.4. The molecule has 0 aliphatic heterocycles. The second-order valence-electron chi connectivity index (χ2n) is 13.2. The molecule has 0 saturated carbocycles. The summed E-state index contributed by atoms with van der Waals surface area (Å²) in [5.41, 5.74) is 0. The van der Waals surface area contributed by atoms with Gasteiger partial charge < -0.3 is 10.0 Å². The van der Waals surface area contributed by atoms with Crippen LogP contribution < -0.4 is 0 Å². The minimum absolute atomic E-state index is 0.174. The van der Waals surface area contributed by atoms with Crippen molar-refractivity contribution in [2.24, 2.45) is 5.92 Å². The van der Waals surface area contributed by atoms with Gasteiger partial charge >= 0.3 is 5.97 Å². The van der Waals surface area contributed by atoms with E-state index in [2.05, 4.69) is 20.8 Å². The van der Waals surface area contributed by atoms with Gasteiger partial charge in [0.05, 0.1) is 5.92 Å². The molecule has 0 bridgehead atoms. The van der Waals surface area contributed by atoms with E-state index in [9.17, 15) is 14.7 Å². The first-order chi connectivity index (χ1) is 20.6. The zero-order valence-corrected chi connectivity index (χ0v) is 28.9. The summed E-state index contributed by atoms with van der Waals surface area (Å²) in [5, 5.41) is 9.66. The smallest absolute Gasteiger partial charge is 0.306 e. The summed E-state index contributed by atoms with van der Waals surface area (Å²) >= 11 is 0. The van der Waals surface area contributed by atoms with Crippen molar-refractivity contribution in [3.63, 3.8) is 0 Å². The molecule has 0 rings (SSSR count). The number of nitrogens with zero attached hydrogens (tertiary/aromatic N) is 1. The Balaban J connectivity index is 3.70. The number of amides is 1. The number of unbranched alkanes of at least 4 members (excludes halogenated alkanes) is 24. The van der Waals surface area contributed by atoms with Crippen LogP contribution in [0.25, 0.3) is 0 Å². The number of hydrogen-bond acceptors (Lipinski definition) is 2. The first-order valence-electron chi connectivity index (χ1n) is 19.1. The molecule has 0 fully saturated rings. The van der Waals surface area contributed by atoms with Crippen molar-refractivity contribution >= 4 is 11.9 Å². The van der Waals surface area contributed by atoms with E-state index in [0.29, 0.717) is 12.3 Å². The summed E-state index contributed by atoms with van der Waals surface area (Å²) < 4.78 is 0. The minimum atomic E-state index is -0.607. The van der Waals surface area contributed by atoms with Crippen LogP contribution in [0.5, 0.6) is 0 Å². The molecule has 0 spiro atoms. The molecule has 1 N–H and O–H groups in total. The monoisotopic (exact) mass is 594 g/mol. The first kappa shape index (κ1) is 40.9.